The molecule has 0 saturated heterocycles. The fraction of sp³-hybridized carbons (Fsp3) is 0.186. The number of rotatable bonds is 8. The van der Waals surface area contributed by atoms with Gasteiger partial charge in [0.15, 0.2) is 0 Å². The molecule has 1 unspecified atom stereocenters. The van der Waals surface area contributed by atoms with Gasteiger partial charge in [-0.25, -0.2) is 0 Å². The van der Waals surface area contributed by atoms with Gasteiger partial charge in [0, 0.05) is 50.3 Å². The van der Waals surface area contributed by atoms with E-state index in [0.717, 1.165) is 32.1 Å². The van der Waals surface area contributed by atoms with Crippen LogP contribution in [0.25, 0.3) is 33.1 Å². The summed E-state index contributed by atoms with van der Waals surface area (Å²) < 4.78 is 2.39. The highest BCUT2D eigenvalue weighted by Gasteiger charge is 2.39. The first-order valence-corrected chi connectivity index (χ1v) is 22.4. The van der Waals surface area contributed by atoms with E-state index in [2.05, 4.69) is 224 Å². The zero-order valence-corrected chi connectivity index (χ0v) is 36.3. The molecule has 0 amide bonds. The van der Waals surface area contributed by atoms with Crippen molar-refractivity contribution < 1.29 is 0 Å². The summed E-state index contributed by atoms with van der Waals surface area (Å²) in [5, 5.41) is 2.53. The van der Waals surface area contributed by atoms with Crippen molar-refractivity contribution in [2.75, 3.05) is 9.80 Å². The summed E-state index contributed by atoms with van der Waals surface area (Å²) in [5.41, 5.74) is 21.3. The highest BCUT2D eigenvalue weighted by molar-refractivity contribution is 6.10. The van der Waals surface area contributed by atoms with Gasteiger partial charge in [-0.3, -0.25) is 0 Å². The van der Waals surface area contributed by atoms with E-state index in [0.29, 0.717) is 0 Å². The number of benzene rings is 6. The Morgan fingerprint density at radius 1 is 0.548 bits per heavy atom. The predicted octanol–water partition coefficient (Wildman–Crippen LogP) is 15.3. The maximum absolute atomic E-state index is 2.63. The quantitative estimate of drug-likeness (QED) is 0.152. The second-order valence-corrected chi connectivity index (χ2v) is 18.2. The smallest absolute Gasteiger partial charge is 0.0562 e. The van der Waals surface area contributed by atoms with Crippen molar-refractivity contribution in [2.45, 2.75) is 71.3 Å². The van der Waals surface area contributed by atoms with Crippen LogP contribution in [0.15, 0.2) is 210 Å². The summed E-state index contributed by atoms with van der Waals surface area (Å²) in [6.45, 7) is 9.12. The van der Waals surface area contributed by atoms with Crippen LogP contribution in [0.2, 0.25) is 0 Å². The number of anilines is 3. The molecule has 3 nitrogen and oxygen atoms in total. The number of hydrogen-bond donors (Lipinski definition) is 0. The van der Waals surface area contributed by atoms with Crippen LogP contribution in [0.3, 0.4) is 0 Å². The highest BCUT2D eigenvalue weighted by atomic mass is 15.2. The Hall–Kier alpha value is -6.84. The van der Waals surface area contributed by atoms with Crippen molar-refractivity contribution >= 4 is 44.4 Å². The monoisotopic (exact) mass is 803 g/mol. The Kier molecular flexibility index (Phi) is 9.38. The second-order valence-electron chi connectivity index (χ2n) is 18.2. The molecule has 11 rings (SSSR count). The van der Waals surface area contributed by atoms with Crippen molar-refractivity contribution in [1.82, 2.24) is 4.57 Å². The molecule has 0 N–H and O–H groups in total. The fourth-order valence-corrected chi connectivity index (χ4v) is 10.7. The maximum atomic E-state index is 2.63. The zero-order valence-electron chi connectivity index (χ0n) is 36.3. The molecule has 0 aliphatic heterocycles. The van der Waals surface area contributed by atoms with E-state index in [4.69, 9.17) is 0 Å². The van der Waals surface area contributed by atoms with Crippen molar-refractivity contribution in [3.63, 3.8) is 0 Å². The summed E-state index contributed by atoms with van der Waals surface area (Å²) in [6, 6.07) is 54.0. The number of allylic oxidation sites excluding steroid dienone is 10. The molecular weight excluding hydrogens is 751 g/mol. The van der Waals surface area contributed by atoms with E-state index in [-0.39, 0.29) is 11.5 Å². The Labute approximate surface area is 366 Å². The molecule has 1 atom stereocenters. The van der Waals surface area contributed by atoms with Gasteiger partial charge in [-0.1, -0.05) is 134 Å². The third kappa shape index (κ3) is 6.50. The largest absolute Gasteiger partial charge is 0.338 e. The van der Waals surface area contributed by atoms with Crippen LogP contribution in [-0.4, -0.2) is 10.6 Å². The average molecular weight is 804 g/mol. The number of aryl methyl sites for hydroxylation is 2. The lowest BCUT2D eigenvalue weighted by molar-refractivity contribution is 0.645. The van der Waals surface area contributed by atoms with Gasteiger partial charge in [-0.2, -0.15) is 0 Å². The van der Waals surface area contributed by atoms with Crippen molar-refractivity contribution in [1.29, 1.82) is 0 Å². The molecule has 4 aliphatic rings. The van der Waals surface area contributed by atoms with Gasteiger partial charge in [0.1, 0.15) is 0 Å². The molecular formula is C59H53N3. The summed E-state index contributed by atoms with van der Waals surface area (Å²) >= 11 is 0. The van der Waals surface area contributed by atoms with E-state index >= 15 is 0 Å². The van der Waals surface area contributed by atoms with Crippen molar-refractivity contribution in [3.05, 3.63) is 232 Å². The van der Waals surface area contributed by atoms with Gasteiger partial charge in [-0.15, -0.1) is 0 Å². The van der Waals surface area contributed by atoms with Crippen LogP contribution in [0.1, 0.15) is 68.2 Å². The van der Waals surface area contributed by atoms with Gasteiger partial charge in [0.25, 0.3) is 0 Å². The molecule has 62 heavy (non-hydrogen) atoms. The van der Waals surface area contributed by atoms with E-state index in [1.54, 1.807) is 0 Å². The summed E-state index contributed by atoms with van der Waals surface area (Å²) in [6.07, 6.45) is 19.6. The minimum Gasteiger partial charge on any atom is -0.338 e. The van der Waals surface area contributed by atoms with Crippen LogP contribution in [0.5, 0.6) is 0 Å². The van der Waals surface area contributed by atoms with Crippen LogP contribution in [0.4, 0.5) is 17.1 Å². The van der Waals surface area contributed by atoms with Gasteiger partial charge in [0.2, 0.25) is 0 Å². The first-order valence-electron chi connectivity index (χ1n) is 22.4. The molecule has 0 saturated carbocycles. The van der Waals surface area contributed by atoms with Gasteiger partial charge in [0.05, 0.1) is 17.1 Å². The first kappa shape index (κ1) is 38.1. The maximum Gasteiger partial charge on any atom is 0.0562 e. The van der Waals surface area contributed by atoms with Crippen molar-refractivity contribution in [3.8, 4) is 5.69 Å². The van der Waals surface area contributed by atoms with Gasteiger partial charge < -0.3 is 14.4 Å². The summed E-state index contributed by atoms with van der Waals surface area (Å²) in [7, 11) is 0. The number of nitrogens with zero attached hydrogens (tertiary/aromatic N) is 3. The topological polar surface area (TPSA) is 11.4 Å². The van der Waals surface area contributed by atoms with E-state index in [9.17, 15) is 0 Å². The van der Waals surface area contributed by atoms with Crippen LogP contribution in [0, 0.1) is 13.8 Å². The standard InChI is InChI=1S/C59H53N3/c1-40-18-26-45(27-19-40)60(49-34-36-56-53(38-49)51-14-8-10-16-55(51)59(56,3)4)47-30-22-42(23-31-47)43-24-32-48(33-25-43)61(46-28-20-41(2)21-29-46)50-35-37-58-54(39-50)52-15-9-11-17-57(52)62(58)44-12-6-5-7-13-44/h5-22,24,26-30,32,34-37,39,49H,23,25,31,33,38H2,1-4H3. The lowest BCUT2D eigenvalue weighted by atomic mass is 9.79. The van der Waals surface area contributed by atoms with Gasteiger partial charge in [-0.05, 0) is 152 Å². The normalized spacial score (nSPS) is 17.9. The van der Waals surface area contributed by atoms with E-state index < -0.39 is 0 Å². The molecule has 0 radical (unpaired) electrons. The summed E-state index contributed by atoms with van der Waals surface area (Å²) in [4.78, 5) is 5.11. The number of para-hydroxylation sites is 2. The van der Waals surface area contributed by atoms with Crippen LogP contribution in [-0.2, 0) is 5.41 Å². The molecule has 0 spiro atoms. The van der Waals surface area contributed by atoms with Crippen LogP contribution >= 0.6 is 0 Å². The van der Waals surface area contributed by atoms with E-state index in [1.807, 2.05) is 0 Å². The van der Waals surface area contributed by atoms with Crippen LogP contribution < -0.4 is 9.80 Å². The van der Waals surface area contributed by atoms with Crippen molar-refractivity contribution in [2.24, 2.45) is 0 Å². The molecule has 1 aromatic heterocycles. The number of fused-ring (bicyclic) bond motifs is 5. The SMILES string of the molecule is Cc1ccc(N(C2=CC=C(C3=CC=C(N(c4ccc(C)cc4)C4C=CC5=C(C4)c4ccccc4C5(C)C)CC3)CC2)c2ccc3c(c2)c2ccccc2n3-c2ccccc2)cc1. The summed E-state index contributed by atoms with van der Waals surface area (Å²) in [5.74, 6) is 0. The lowest BCUT2D eigenvalue weighted by Crippen LogP contribution is -2.35. The minimum absolute atomic E-state index is 0.0286. The highest BCUT2D eigenvalue weighted by Crippen LogP contribution is 2.51. The number of aromatic nitrogens is 1. The molecule has 0 fully saturated rings. The Morgan fingerprint density at radius 3 is 1.87 bits per heavy atom. The Bertz CT molecular complexity index is 3070. The van der Waals surface area contributed by atoms with E-state index in [1.165, 1.54) is 100 Å². The Balaban J connectivity index is 0.923. The molecule has 3 heteroatoms. The molecule has 304 valence electrons. The molecule has 4 aliphatic carbocycles. The third-order valence-electron chi connectivity index (χ3n) is 14.0. The average Bonchev–Trinajstić information content (AvgIpc) is 3.76. The molecule has 1 heterocycles. The second kappa shape index (κ2) is 15.3. The molecule has 7 aromatic rings. The predicted molar refractivity (Wildman–Crippen MR) is 262 cm³/mol. The Morgan fingerprint density at radius 2 is 1.16 bits per heavy atom. The minimum atomic E-state index is 0.0286. The zero-order chi connectivity index (χ0) is 42.0. The molecule has 0 bridgehead atoms. The fourth-order valence-electron chi connectivity index (χ4n) is 10.7. The first-order chi connectivity index (χ1) is 30.3. The van der Waals surface area contributed by atoms with Gasteiger partial charge >= 0.3 is 0 Å². The third-order valence-corrected chi connectivity index (χ3v) is 14.0. The lowest BCUT2D eigenvalue weighted by Gasteiger charge is -2.38. The molecule has 6 aromatic carbocycles. The number of hydrogen-bond acceptors (Lipinski definition) is 2.